The number of allylic oxidation sites excluding steroid dienone is 1. The standard InChI is InChI=1S/C24H23BN3O6P/c1-17-16-35(2,3)25(19-6-12-22(13-7-19)27(31)32,20-8-14-23(15-9-20)28(33)34)24(17)18-4-10-21(11-5-18)26(29)30/h4-15H,16H2,1-3H3. The van der Waals surface area contributed by atoms with Crippen LogP contribution in [0.3, 0.4) is 0 Å². The maximum absolute atomic E-state index is 11.3. The normalized spacial score (nSPS) is 16.2. The van der Waals surface area contributed by atoms with Crippen molar-refractivity contribution < 1.29 is 14.8 Å². The monoisotopic (exact) mass is 491 g/mol. The zero-order valence-electron chi connectivity index (χ0n) is 19.5. The molecule has 1 aliphatic rings. The molecule has 1 aliphatic heterocycles. The Bertz CT molecular complexity index is 1310. The Hall–Kier alpha value is -3.91. The van der Waals surface area contributed by atoms with E-state index < -0.39 is 27.8 Å². The van der Waals surface area contributed by atoms with Crippen LogP contribution in [0.5, 0.6) is 0 Å². The number of nitrogens with zero attached hydrogens (tertiary/aromatic N) is 3. The van der Waals surface area contributed by atoms with Gasteiger partial charge >= 0.3 is 0 Å². The number of hydrogen-bond acceptors (Lipinski definition) is 6. The van der Waals surface area contributed by atoms with E-state index in [-0.39, 0.29) is 17.1 Å². The number of benzene rings is 3. The van der Waals surface area contributed by atoms with Crippen LogP contribution < -0.4 is 10.9 Å². The second kappa shape index (κ2) is 8.71. The molecule has 11 heteroatoms. The molecule has 0 amide bonds. The Morgan fingerprint density at radius 1 is 0.657 bits per heavy atom. The smallest absolute Gasteiger partial charge is 0.258 e. The van der Waals surface area contributed by atoms with Crippen molar-refractivity contribution in [3.8, 4) is 0 Å². The number of non-ortho nitro benzene ring substituents is 3. The minimum absolute atomic E-state index is 0.0113. The molecule has 4 rings (SSSR count). The first kappa shape index (κ1) is 24.2. The van der Waals surface area contributed by atoms with E-state index in [0.717, 1.165) is 33.7 Å². The van der Waals surface area contributed by atoms with Gasteiger partial charge in [-0.15, -0.1) is 12.6 Å². The molecule has 0 bridgehead atoms. The van der Waals surface area contributed by atoms with Gasteiger partial charge in [-0.05, 0) is 6.92 Å². The van der Waals surface area contributed by atoms with Crippen molar-refractivity contribution in [1.29, 1.82) is 0 Å². The largest absolute Gasteiger partial charge is 0.269 e. The van der Waals surface area contributed by atoms with Crippen LogP contribution in [0.1, 0.15) is 12.5 Å². The molecule has 0 saturated carbocycles. The van der Waals surface area contributed by atoms with Gasteiger partial charge in [0.25, 0.3) is 17.1 Å². The molecule has 3 aromatic rings. The van der Waals surface area contributed by atoms with Crippen LogP contribution in [0.2, 0.25) is 0 Å². The van der Waals surface area contributed by atoms with Gasteiger partial charge in [-0.3, -0.25) is 30.3 Å². The second-order valence-electron chi connectivity index (χ2n) is 9.45. The van der Waals surface area contributed by atoms with Gasteiger partial charge in [0.05, 0.1) is 14.8 Å². The fraction of sp³-hybridized carbons (Fsp3) is 0.167. The number of rotatable bonds is 6. The minimum atomic E-state index is -1.85. The van der Waals surface area contributed by atoms with Crippen LogP contribution in [0.4, 0.5) is 17.1 Å². The quantitative estimate of drug-likeness (QED) is 0.211. The van der Waals surface area contributed by atoms with Crippen LogP contribution in [-0.2, 0) is 0 Å². The van der Waals surface area contributed by atoms with Crippen molar-refractivity contribution in [1.82, 2.24) is 0 Å². The van der Waals surface area contributed by atoms with Crippen molar-refractivity contribution in [2.45, 2.75) is 6.92 Å². The van der Waals surface area contributed by atoms with E-state index in [0.29, 0.717) is 0 Å². The summed E-state index contributed by atoms with van der Waals surface area (Å²) in [5.74, 6) is -1.66. The fourth-order valence-corrected chi connectivity index (χ4v) is 10.6. The van der Waals surface area contributed by atoms with Crippen molar-refractivity contribution >= 4 is 46.5 Å². The van der Waals surface area contributed by atoms with Gasteiger partial charge in [0.2, 0.25) is 5.87 Å². The van der Waals surface area contributed by atoms with Crippen LogP contribution in [-0.4, -0.2) is 40.1 Å². The summed E-state index contributed by atoms with van der Waals surface area (Å²) in [4.78, 5) is 32.6. The van der Waals surface area contributed by atoms with Gasteiger partial charge in [-0.1, -0.05) is 47.5 Å². The highest BCUT2D eigenvalue weighted by molar-refractivity contribution is 8.14. The minimum Gasteiger partial charge on any atom is -0.258 e. The molecule has 0 atom stereocenters. The van der Waals surface area contributed by atoms with E-state index >= 15 is 0 Å². The summed E-state index contributed by atoms with van der Waals surface area (Å²) in [5, 5.41) is 33.9. The molecule has 0 spiro atoms. The summed E-state index contributed by atoms with van der Waals surface area (Å²) in [6.07, 6.45) is 0.827. The van der Waals surface area contributed by atoms with E-state index in [2.05, 4.69) is 20.3 Å². The van der Waals surface area contributed by atoms with Crippen molar-refractivity contribution in [2.75, 3.05) is 19.5 Å². The summed E-state index contributed by atoms with van der Waals surface area (Å²) in [5.41, 5.74) is 4.80. The predicted octanol–water partition coefficient (Wildman–Crippen LogP) is 4.77. The predicted molar refractivity (Wildman–Crippen MR) is 141 cm³/mol. The average Bonchev–Trinajstić information content (AvgIpc) is 3.04. The summed E-state index contributed by atoms with van der Waals surface area (Å²) in [6, 6.07) is 19.5. The SMILES string of the molecule is CC1=C(c2ccc([N+](=O)[O-])cc2)[B-](c2ccc([N+](=O)[O-])cc2)(c2ccc([N+](=O)[O-])cc2)[P+](C)(C)C1. The average molecular weight is 491 g/mol. The van der Waals surface area contributed by atoms with E-state index in [1.165, 1.54) is 36.4 Å². The molecule has 9 nitrogen and oxygen atoms in total. The summed E-state index contributed by atoms with van der Waals surface area (Å²) < 4.78 is 0. The van der Waals surface area contributed by atoms with Crippen molar-refractivity contribution in [3.05, 3.63) is 114 Å². The summed E-state index contributed by atoms with van der Waals surface area (Å²) >= 11 is 0. The first-order valence-electron chi connectivity index (χ1n) is 10.9. The van der Waals surface area contributed by atoms with E-state index in [9.17, 15) is 30.3 Å². The lowest BCUT2D eigenvalue weighted by Gasteiger charge is -2.45. The van der Waals surface area contributed by atoms with Gasteiger partial charge < -0.3 is 0 Å². The van der Waals surface area contributed by atoms with Gasteiger partial charge in [0.15, 0.2) is 0 Å². The van der Waals surface area contributed by atoms with Crippen LogP contribution >= 0.6 is 7.14 Å². The first-order chi connectivity index (χ1) is 16.5. The Balaban J connectivity index is 2.04. The lowest BCUT2D eigenvalue weighted by molar-refractivity contribution is -0.385. The zero-order chi connectivity index (χ0) is 25.5. The zero-order valence-corrected chi connectivity index (χ0v) is 20.3. The number of nitro benzene ring substituents is 3. The Labute approximate surface area is 202 Å². The molecule has 0 fully saturated rings. The first-order valence-corrected chi connectivity index (χ1v) is 13.9. The molecular weight excluding hydrogens is 468 g/mol. The molecule has 0 radical (unpaired) electrons. The highest BCUT2D eigenvalue weighted by atomic mass is 31.2. The maximum Gasteiger partial charge on any atom is 0.269 e. The molecule has 0 unspecified atom stereocenters. The molecule has 3 aromatic carbocycles. The number of hydrogen-bond donors (Lipinski definition) is 0. The van der Waals surface area contributed by atoms with Crippen molar-refractivity contribution in [2.24, 2.45) is 0 Å². The third kappa shape index (κ3) is 3.89. The van der Waals surface area contributed by atoms with Crippen LogP contribution in [0.25, 0.3) is 5.47 Å². The van der Waals surface area contributed by atoms with E-state index in [1.807, 2.05) is 0 Å². The molecule has 0 saturated heterocycles. The van der Waals surface area contributed by atoms with Crippen molar-refractivity contribution in [3.63, 3.8) is 0 Å². The third-order valence-corrected chi connectivity index (χ3v) is 11.4. The Morgan fingerprint density at radius 2 is 1.00 bits per heavy atom. The topological polar surface area (TPSA) is 129 Å². The second-order valence-corrected chi connectivity index (χ2v) is 14.1. The summed E-state index contributed by atoms with van der Waals surface area (Å²) in [7, 11) is -1.85. The molecule has 1 heterocycles. The van der Waals surface area contributed by atoms with Gasteiger partial charge in [0.1, 0.15) is 0 Å². The molecule has 178 valence electrons. The molecule has 0 N–H and O–H groups in total. The fourth-order valence-electron chi connectivity index (χ4n) is 5.87. The number of nitro groups is 3. The molecule has 0 aromatic heterocycles. The maximum atomic E-state index is 11.3. The molecule has 0 aliphatic carbocycles. The lowest BCUT2D eigenvalue weighted by Crippen LogP contribution is -2.59. The Kier molecular flexibility index (Phi) is 6.03. The highest BCUT2D eigenvalue weighted by Crippen LogP contribution is 2.69. The summed E-state index contributed by atoms with van der Waals surface area (Å²) in [6.45, 7) is 6.52. The van der Waals surface area contributed by atoms with Gasteiger partial charge in [0, 0.05) is 55.9 Å². The van der Waals surface area contributed by atoms with Crippen LogP contribution in [0.15, 0.2) is 78.4 Å². The van der Waals surface area contributed by atoms with Crippen LogP contribution in [0, 0.1) is 30.3 Å². The van der Waals surface area contributed by atoms with E-state index in [1.54, 1.807) is 36.4 Å². The highest BCUT2D eigenvalue weighted by Gasteiger charge is 2.56. The lowest BCUT2D eigenvalue weighted by atomic mass is 9.32. The van der Waals surface area contributed by atoms with Gasteiger partial charge in [-0.2, -0.15) is 10.9 Å². The Morgan fingerprint density at radius 3 is 1.34 bits per heavy atom. The van der Waals surface area contributed by atoms with E-state index in [4.69, 9.17) is 0 Å². The van der Waals surface area contributed by atoms with Gasteiger partial charge in [-0.25, -0.2) is 0 Å². The third-order valence-electron chi connectivity index (χ3n) is 7.13. The molecular formula is C24H23BN3O6P. The molecule has 35 heavy (non-hydrogen) atoms.